The van der Waals surface area contributed by atoms with Crippen molar-refractivity contribution in [1.82, 2.24) is 0 Å². The molecule has 1 unspecified atom stereocenters. The third kappa shape index (κ3) is 6.59. The summed E-state index contributed by atoms with van der Waals surface area (Å²) in [6, 6.07) is 28.1. The molecule has 1 atom stereocenters. The van der Waals surface area contributed by atoms with Crippen molar-refractivity contribution in [2.24, 2.45) is 0 Å². The molecule has 3 aromatic rings. The van der Waals surface area contributed by atoms with Crippen molar-refractivity contribution in [3.8, 4) is 0 Å². The Hall–Kier alpha value is -2.34. The Kier molecular flexibility index (Phi) is 7.53. The van der Waals surface area contributed by atoms with Gasteiger partial charge in [-0.05, 0) is 56.4 Å². The van der Waals surface area contributed by atoms with E-state index in [0.29, 0.717) is 6.42 Å². The highest BCUT2D eigenvalue weighted by molar-refractivity contribution is 8.13. The van der Waals surface area contributed by atoms with Gasteiger partial charge in [0.05, 0.1) is 11.7 Å². The highest BCUT2D eigenvalue weighted by atomic mass is 32.2. The van der Waals surface area contributed by atoms with Crippen molar-refractivity contribution in [2.75, 3.05) is 5.06 Å². The van der Waals surface area contributed by atoms with Crippen LogP contribution in [0.25, 0.3) is 0 Å². The van der Waals surface area contributed by atoms with E-state index in [1.807, 2.05) is 84.8 Å². The predicted molar refractivity (Wildman–Crippen MR) is 129 cm³/mol. The van der Waals surface area contributed by atoms with Crippen LogP contribution in [-0.4, -0.2) is 13.4 Å². The largest absolute Gasteiger partial charge is 0.320 e. The number of benzene rings is 3. The molecule has 0 fully saturated rings. The van der Waals surface area contributed by atoms with Crippen LogP contribution >= 0.6 is 11.8 Å². The molecule has 0 saturated carbocycles. The molecule has 0 bridgehead atoms. The maximum Gasteiger partial charge on any atom is 0.220 e. The van der Waals surface area contributed by atoms with Crippen molar-refractivity contribution in [3.05, 3.63) is 96.1 Å². The maximum absolute atomic E-state index is 13.1. The lowest BCUT2D eigenvalue weighted by Crippen LogP contribution is -2.40. The van der Waals surface area contributed by atoms with E-state index in [2.05, 4.69) is 31.8 Å². The van der Waals surface area contributed by atoms with Crippen LogP contribution in [0.4, 0.5) is 5.69 Å². The molecule has 3 rings (SSSR count). The molecule has 3 aromatic carbocycles. The molecule has 0 spiro atoms. The summed E-state index contributed by atoms with van der Waals surface area (Å²) >= 11 is 1.30. The fourth-order valence-electron chi connectivity index (χ4n) is 3.11. The number of anilines is 1. The second-order valence-corrected chi connectivity index (χ2v) is 13.8. The summed E-state index contributed by atoms with van der Waals surface area (Å²) in [5.74, 6) is 0. The summed E-state index contributed by atoms with van der Waals surface area (Å²) in [5, 5.41) is 2.07. The standard InChI is InChI=1S/C25H29NO2SSi/c1-20-15-17-23(18-16-20)29-25(27)19-24(21-11-7-5-8-12-21)26(28-30(2,3)4)22-13-9-6-10-14-22/h5-18,24H,19H2,1-4H3. The van der Waals surface area contributed by atoms with E-state index in [0.717, 1.165) is 16.1 Å². The van der Waals surface area contributed by atoms with E-state index in [1.165, 1.54) is 17.3 Å². The quantitative estimate of drug-likeness (QED) is 0.216. The van der Waals surface area contributed by atoms with Gasteiger partial charge in [-0.3, -0.25) is 9.86 Å². The SMILES string of the molecule is Cc1ccc(SC(=O)CC(c2ccccc2)N(O[Si](C)(C)C)c2ccccc2)cc1. The van der Waals surface area contributed by atoms with E-state index in [4.69, 9.17) is 4.53 Å². The molecule has 0 aromatic heterocycles. The van der Waals surface area contributed by atoms with Gasteiger partial charge in [-0.2, -0.15) is 0 Å². The summed E-state index contributed by atoms with van der Waals surface area (Å²) in [5.41, 5.74) is 3.21. The number of rotatable bonds is 8. The first kappa shape index (κ1) is 22.3. The molecule has 30 heavy (non-hydrogen) atoms. The fraction of sp³-hybridized carbons (Fsp3) is 0.240. The van der Waals surface area contributed by atoms with Gasteiger partial charge in [0.2, 0.25) is 8.32 Å². The molecule has 5 heteroatoms. The summed E-state index contributed by atoms with van der Waals surface area (Å²) in [7, 11) is -1.92. The van der Waals surface area contributed by atoms with Crippen LogP contribution in [-0.2, 0) is 9.32 Å². The van der Waals surface area contributed by atoms with Gasteiger partial charge in [-0.1, -0.05) is 78.0 Å². The monoisotopic (exact) mass is 435 g/mol. The molecule has 156 valence electrons. The van der Waals surface area contributed by atoms with Gasteiger partial charge >= 0.3 is 0 Å². The lowest BCUT2D eigenvalue weighted by Gasteiger charge is -2.37. The van der Waals surface area contributed by atoms with Gasteiger partial charge in [-0.25, -0.2) is 0 Å². The average molecular weight is 436 g/mol. The Balaban J connectivity index is 1.91. The van der Waals surface area contributed by atoms with Crippen molar-refractivity contribution >= 4 is 30.9 Å². The van der Waals surface area contributed by atoms with Crippen molar-refractivity contribution < 1.29 is 9.32 Å². The zero-order valence-electron chi connectivity index (χ0n) is 18.0. The number of thioether (sulfide) groups is 1. The second kappa shape index (κ2) is 10.1. The summed E-state index contributed by atoms with van der Waals surface area (Å²) in [4.78, 5) is 14.0. The molecular weight excluding hydrogens is 406 g/mol. The highest BCUT2D eigenvalue weighted by Gasteiger charge is 2.29. The van der Waals surface area contributed by atoms with Crippen LogP contribution in [0.15, 0.2) is 89.8 Å². The van der Waals surface area contributed by atoms with E-state index in [9.17, 15) is 4.79 Å². The van der Waals surface area contributed by atoms with Crippen LogP contribution in [0.3, 0.4) is 0 Å². The minimum Gasteiger partial charge on any atom is -0.320 e. The van der Waals surface area contributed by atoms with Crippen molar-refractivity contribution in [3.63, 3.8) is 0 Å². The first-order valence-electron chi connectivity index (χ1n) is 10.2. The number of carbonyl (C=O) groups is 1. The molecule has 0 N–H and O–H groups in total. The molecule has 0 aliphatic rings. The minimum absolute atomic E-state index is 0.118. The van der Waals surface area contributed by atoms with Gasteiger partial charge in [0.25, 0.3) is 0 Å². The van der Waals surface area contributed by atoms with Gasteiger partial charge in [0, 0.05) is 11.3 Å². The van der Waals surface area contributed by atoms with Gasteiger partial charge in [-0.15, -0.1) is 0 Å². The second-order valence-electron chi connectivity index (χ2n) is 8.28. The lowest BCUT2D eigenvalue weighted by atomic mass is 10.0. The molecule has 0 heterocycles. The molecule has 0 amide bonds. The number of nitrogens with zero attached hydrogens (tertiary/aromatic N) is 1. The van der Waals surface area contributed by atoms with Crippen molar-refractivity contribution in [2.45, 2.75) is 43.9 Å². The van der Waals surface area contributed by atoms with E-state index < -0.39 is 8.32 Å². The number of aryl methyl sites for hydroxylation is 1. The Morgan fingerprint density at radius 2 is 1.47 bits per heavy atom. The highest BCUT2D eigenvalue weighted by Crippen LogP contribution is 2.34. The molecule has 0 saturated heterocycles. The summed E-state index contributed by atoms with van der Waals surface area (Å²) in [6.07, 6.45) is 0.349. The lowest BCUT2D eigenvalue weighted by molar-refractivity contribution is -0.111. The predicted octanol–water partition coefficient (Wildman–Crippen LogP) is 7.02. The first-order valence-corrected chi connectivity index (χ1v) is 14.4. The average Bonchev–Trinajstić information content (AvgIpc) is 2.73. The summed E-state index contributed by atoms with van der Waals surface area (Å²) in [6.45, 7) is 8.53. The van der Waals surface area contributed by atoms with Gasteiger partial charge < -0.3 is 4.53 Å². The van der Waals surface area contributed by atoms with E-state index in [-0.39, 0.29) is 11.2 Å². The van der Waals surface area contributed by atoms with Crippen LogP contribution in [0.5, 0.6) is 0 Å². The Morgan fingerprint density at radius 3 is 2.03 bits per heavy atom. The fourth-order valence-corrected chi connectivity index (χ4v) is 4.71. The summed E-state index contributed by atoms with van der Waals surface area (Å²) < 4.78 is 6.52. The third-order valence-electron chi connectivity index (χ3n) is 4.46. The Labute approximate surface area is 185 Å². The zero-order valence-corrected chi connectivity index (χ0v) is 19.9. The smallest absolute Gasteiger partial charge is 0.220 e. The number of hydrogen-bond acceptors (Lipinski definition) is 4. The molecule has 0 aliphatic heterocycles. The van der Waals surface area contributed by atoms with E-state index in [1.54, 1.807) is 0 Å². The van der Waals surface area contributed by atoms with Crippen LogP contribution in [0, 0.1) is 6.92 Å². The first-order chi connectivity index (χ1) is 14.3. The molecule has 0 radical (unpaired) electrons. The molecular formula is C25H29NO2SSi. The van der Waals surface area contributed by atoms with Crippen LogP contribution in [0.2, 0.25) is 19.6 Å². The number of para-hydroxylation sites is 1. The Morgan fingerprint density at radius 1 is 0.900 bits per heavy atom. The Bertz CT molecular complexity index is 940. The third-order valence-corrected chi connectivity index (χ3v) is 6.11. The maximum atomic E-state index is 13.1. The number of hydrogen-bond donors (Lipinski definition) is 0. The van der Waals surface area contributed by atoms with Gasteiger partial charge in [0.1, 0.15) is 0 Å². The topological polar surface area (TPSA) is 29.5 Å². The van der Waals surface area contributed by atoms with Gasteiger partial charge in [0.15, 0.2) is 5.12 Å². The zero-order chi connectivity index (χ0) is 21.6. The van der Waals surface area contributed by atoms with Crippen LogP contribution < -0.4 is 5.06 Å². The molecule has 0 aliphatic carbocycles. The number of hydroxylamine groups is 1. The minimum atomic E-state index is -1.92. The number of carbonyl (C=O) groups excluding carboxylic acids is 1. The van der Waals surface area contributed by atoms with E-state index >= 15 is 0 Å². The van der Waals surface area contributed by atoms with Crippen molar-refractivity contribution in [1.29, 1.82) is 0 Å². The van der Waals surface area contributed by atoms with Crippen LogP contribution in [0.1, 0.15) is 23.6 Å². The normalized spacial score (nSPS) is 12.4. The molecule has 3 nitrogen and oxygen atoms in total.